The second kappa shape index (κ2) is 5.01. The predicted molar refractivity (Wildman–Crippen MR) is 69.7 cm³/mol. The van der Waals surface area contributed by atoms with Gasteiger partial charge in [0.15, 0.2) is 0 Å². The van der Waals surface area contributed by atoms with Crippen LogP contribution in [-0.2, 0) is 6.42 Å². The minimum Gasteiger partial charge on any atom is -0.307 e. The predicted octanol–water partition coefficient (Wildman–Crippen LogP) is 3.76. The van der Waals surface area contributed by atoms with Crippen molar-refractivity contribution in [3.63, 3.8) is 0 Å². The molecule has 0 radical (unpaired) electrons. The lowest BCUT2D eigenvalue weighted by Gasteiger charge is -2.20. The highest BCUT2D eigenvalue weighted by Crippen LogP contribution is 2.33. The standard InChI is InChI=1S/C15H23N/c1-4-6-12(3)16-15-10-9-13-11(2)7-5-8-14(13)15/h5,7-8,12,15-16H,4,6,9-10H2,1-3H3. The Labute approximate surface area is 99.3 Å². The molecule has 0 fully saturated rings. The Balaban J connectivity index is 2.09. The van der Waals surface area contributed by atoms with Crippen molar-refractivity contribution in [2.24, 2.45) is 0 Å². The van der Waals surface area contributed by atoms with E-state index in [2.05, 4.69) is 44.3 Å². The number of fused-ring (bicyclic) bond motifs is 1. The average Bonchev–Trinajstić information content (AvgIpc) is 2.64. The fourth-order valence-electron chi connectivity index (χ4n) is 2.87. The Bertz CT molecular complexity index is 356. The van der Waals surface area contributed by atoms with Gasteiger partial charge in [-0.15, -0.1) is 0 Å². The van der Waals surface area contributed by atoms with E-state index in [0.29, 0.717) is 12.1 Å². The van der Waals surface area contributed by atoms with Gasteiger partial charge in [-0.25, -0.2) is 0 Å². The van der Waals surface area contributed by atoms with Crippen LogP contribution in [0.4, 0.5) is 0 Å². The monoisotopic (exact) mass is 217 g/mol. The van der Waals surface area contributed by atoms with Gasteiger partial charge in [-0.1, -0.05) is 31.5 Å². The lowest BCUT2D eigenvalue weighted by molar-refractivity contribution is 0.431. The molecule has 0 spiro atoms. The maximum atomic E-state index is 3.76. The summed E-state index contributed by atoms with van der Waals surface area (Å²) in [6.45, 7) is 6.79. The minimum absolute atomic E-state index is 0.594. The highest BCUT2D eigenvalue weighted by Gasteiger charge is 2.23. The molecule has 1 aromatic rings. The molecule has 1 heteroatoms. The van der Waals surface area contributed by atoms with Crippen molar-refractivity contribution < 1.29 is 0 Å². The van der Waals surface area contributed by atoms with Gasteiger partial charge in [0.2, 0.25) is 0 Å². The Morgan fingerprint density at radius 2 is 2.25 bits per heavy atom. The molecule has 0 amide bonds. The Kier molecular flexibility index (Phi) is 3.65. The molecule has 1 N–H and O–H groups in total. The number of benzene rings is 1. The van der Waals surface area contributed by atoms with Crippen molar-refractivity contribution in [2.75, 3.05) is 0 Å². The van der Waals surface area contributed by atoms with E-state index in [0.717, 1.165) is 0 Å². The van der Waals surface area contributed by atoms with Gasteiger partial charge in [-0.3, -0.25) is 0 Å². The van der Waals surface area contributed by atoms with E-state index in [-0.39, 0.29) is 0 Å². The molecule has 0 heterocycles. The number of nitrogens with one attached hydrogen (secondary N) is 1. The summed E-state index contributed by atoms with van der Waals surface area (Å²) in [7, 11) is 0. The maximum absolute atomic E-state index is 3.76. The summed E-state index contributed by atoms with van der Waals surface area (Å²) in [5.74, 6) is 0. The van der Waals surface area contributed by atoms with Crippen LogP contribution in [0.2, 0.25) is 0 Å². The summed E-state index contributed by atoms with van der Waals surface area (Å²) in [4.78, 5) is 0. The largest absolute Gasteiger partial charge is 0.307 e. The molecule has 16 heavy (non-hydrogen) atoms. The highest BCUT2D eigenvalue weighted by molar-refractivity contribution is 5.40. The van der Waals surface area contributed by atoms with Crippen molar-refractivity contribution in [3.8, 4) is 0 Å². The molecule has 2 unspecified atom stereocenters. The van der Waals surface area contributed by atoms with Gasteiger partial charge in [-0.2, -0.15) is 0 Å². The number of hydrogen-bond acceptors (Lipinski definition) is 1. The van der Waals surface area contributed by atoms with Crippen molar-refractivity contribution in [1.82, 2.24) is 5.32 Å². The highest BCUT2D eigenvalue weighted by atomic mass is 14.9. The van der Waals surface area contributed by atoms with E-state index in [1.807, 2.05) is 0 Å². The van der Waals surface area contributed by atoms with Crippen LogP contribution < -0.4 is 5.32 Å². The van der Waals surface area contributed by atoms with Crippen LogP contribution in [0.5, 0.6) is 0 Å². The molecule has 2 rings (SSSR count). The van der Waals surface area contributed by atoms with Crippen molar-refractivity contribution >= 4 is 0 Å². The molecule has 1 nitrogen and oxygen atoms in total. The first-order chi connectivity index (χ1) is 7.72. The molecule has 0 bridgehead atoms. The van der Waals surface area contributed by atoms with Crippen molar-refractivity contribution in [1.29, 1.82) is 0 Å². The molecule has 88 valence electrons. The third-order valence-corrected chi connectivity index (χ3v) is 3.71. The Hall–Kier alpha value is -0.820. The van der Waals surface area contributed by atoms with Crippen LogP contribution in [0.1, 0.15) is 55.8 Å². The topological polar surface area (TPSA) is 12.0 Å². The summed E-state index contributed by atoms with van der Waals surface area (Å²) >= 11 is 0. The Morgan fingerprint density at radius 3 is 3.00 bits per heavy atom. The van der Waals surface area contributed by atoms with Crippen LogP contribution in [0, 0.1) is 6.92 Å². The summed E-state index contributed by atoms with van der Waals surface area (Å²) in [5, 5.41) is 3.76. The Morgan fingerprint density at radius 1 is 1.44 bits per heavy atom. The normalized spacial score (nSPS) is 20.8. The lowest BCUT2D eigenvalue weighted by Crippen LogP contribution is -2.29. The van der Waals surface area contributed by atoms with E-state index < -0.39 is 0 Å². The quantitative estimate of drug-likeness (QED) is 0.809. The first kappa shape index (κ1) is 11.7. The van der Waals surface area contributed by atoms with Crippen LogP contribution in [0.3, 0.4) is 0 Å². The molecule has 0 saturated carbocycles. The molecule has 0 saturated heterocycles. The van der Waals surface area contributed by atoms with E-state index in [1.54, 1.807) is 11.1 Å². The molecular weight excluding hydrogens is 194 g/mol. The zero-order valence-electron chi connectivity index (χ0n) is 10.7. The van der Waals surface area contributed by atoms with E-state index in [4.69, 9.17) is 0 Å². The van der Waals surface area contributed by atoms with Gasteiger partial charge in [0.1, 0.15) is 0 Å². The number of hydrogen-bond donors (Lipinski definition) is 1. The second-order valence-electron chi connectivity index (χ2n) is 5.09. The summed E-state index contributed by atoms with van der Waals surface area (Å²) < 4.78 is 0. The van der Waals surface area contributed by atoms with Gasteiger partial charge in [0, 0.05) is 12.1 Å². The summed E-state index contributed by atoms with van der Waals surface area (Å²) in [6.07, 6.45) is 5.06. The zero-order valence-corrected chi connectivity index (χ0v) is 10.7. The maximum Gasteiger partial charge on any atom is 0.0328 e. The fraction of sp³-hybridized carbons (Fsp3) is 0.600. The SMILES string of the molecule is CCCC(C)NC1CCc2c(C)cccc21. The van der Waals surface area contributed by atoms with Gasteiger partial charge in [0.05, 0.1) is 0 Å². The van der Waals surface area contributed by atoms with Crippen LogP contribution in [0.25, 0.3) is 0 Å². The lowest BCUT2D eigenvalue weighted by atomic mass is 10.0. The number of rotatable bonds is 4. The first-order valence-electron chi connectivity index (χ1n) is 6.56. The molecule has 0 aliphatic heterocycles. The van der Waals surface area contributed by atoms with Crippen molar-refractivity contribution in [2.45, 2.75) is 58.5 Å². The van der Waals surface area contributed by atoms with Crippen LogP contribution in [-0.4, -0.2) is 6.04 Å². The van der Waals surface area contributed by atoms with E-state index in [1.165, 1.54) is 31.2 Å². The smallest absolute Gasteiger partial charge is 0.0328 e. The third kappa shape index (κ3) is 2.30. The van der Waals surface area contributed by atoms with E-state index in [9.17, 15) is 0 Å². The minimum atomic E-state index is 0.594. The summed E-state index contributed by atoms with van der Waals surface area (Å²) in [5.41, 5.74) is 4.59. The third-order valence-electron chi connectivity index (χ3n) is 3.71. The van der Waals surface area contributed by atoms with Crippen molar-refractivity contribution in [3.05, 3.63) is 34.9 Å². The second-order valence-corrected chi connectivity index (χ2v) is 5.09. The summed E-state index contributed by atoms with van der Waals surface area (Å²) in [6, 6.07) is 7.96. The van der Waals surface area contributed by atoms with E-state index >= 15 is 0 Å². The van der Waals surface area contributed by atoms with Gasteiger partial charge >= 0.3 is 0 Å². The number of aryl methyl sites for hydroxylation is 1. The molecule has 0 aromatic heterocycles. The zero-order chi connectivity index (χ0) is 11.5. The first-order valence-corrected chi connectivity index (χ1v) is 6.56. The van der Waals surface area contributed by atoms with Gasteiger partial charge in [0.25, 0.3) is 0 Å². The molecule has 1 aliphatic rings. The molecule has 1 aliphatic carbocycles. The van der Waals surface area contributed by atoms with Crippen LogP contribution >= 0.6 is 0 Å². The van der Waals surface area contributed by atoms with Gasteiger partial charge in [-0.05, 0) is 49.8 Å². The molecule has 2 atom stereocenters. The molecular formula is C15H23N. The fourth-order valence-corrected chi connectivity index (χ4v) is 2.87. The van der Waals surface area contributed by atoms with Gasteiger partial charge < -0.3 is 5.32 Å². The average molecular weight is 217 g/mol. The molecule has 1 aromatic carbocycles. The van der Waals surface area contributed by atoms with Crippen LogP contribution in [0.15, 0.2) is 18.2 Å².